The summed E-state index contributed by atoms with van der Waals surface area (Å²) in [5.74, 6) is 1.05. The minimum atomic E-state index is -0.320. The Morgan fingerprint density at radius 2 is 1.90 bits per heavy atom. The highest BCUT2D eigenvalue weighted by atomic mass is 19.1. The highest BCUT2D eigenvalue weighted by Crippen LogP contribution is 2.25. The van der Waals surface area contributed by atoms with E-state index in [1.165, 1.54) is 12.1 Å². The van der Waals surface area contributed by atoms with Crippen LogP contribution in [0.4, 0.5) is 10.3 Å². The van der Waals surface area contributed by atoms with Gasteiger partial charge in [0.25, 0.3) is 5.91 Å². The fraction of sp³-hybridized carbons (Fsp3) is 0.261. The number of anilines is 1. The Kier molecular flexibility index (Phi) is 6.17. The predicted molar refractivity (Wildman–Crippen MR) is 112 cm³/mol. The number of ether oxygens (including phenoxy) is 1. The summed E-state index contributed by atoms with van der Waals surface area (Å²) in [6, 6.07) is 16.8. The SMILES string of the molecule is O=C(NCC1CCCCN1c1nccc(Oc2ccc(F)cc2)n1)c1ccccc1. The number of carbonyl (C=O) groups is 1. The molecule has 1 aromatic heterocycles. The van der Waals surface area contributed by atoms with Crippen LogP contribution in [0.3, 0.4) is 0 Å². The first-order chi connectivity index (χ1) is 14.7. The van der Waals surface area contributed by atoms with Gasteiger partial charge in [0.15, 0.2) is 0 Å². The van der Waals surface area contributed by atoms with Gasteiger partial charge in [-0.1, -0.05) is 18.2 Å². The Morgan fingerprint density at radius 1 is 1.10 bits per heavy atom. The van der Waals surface area contributed by atoms with Gasteiger partial charge in [-0.3, -0.25) is 4.79 Å². The van der Waals surface area contributed by atoms with E-state index in [0.717, 1.165) is 25.8 Å². The summed E-state index contributed by atoms with van der Waals surface area (Å²) in [7, 11) is 0. The Hall–Kier alpha value is -3.48. The van der Waals surface area contributed by atoms with Gasteiger partial charge in [-0.05, 0) is 55.7 Å². The van der Waals surface area contributed by atoms with E-state index < -0.39 is 0 Å². The van der Waals surface area contributed by atoms with Gasteiger partial charge >= 0.3 is 0 Å². The van der Waals surface area contributed by atoms with Crippen molar-refractivity contribution in [2.75, 3.05) is 18.0 Å². The van der Waals surface area contributed by atoms with Crippen molar-refractivity contribution in [3.63, 3.8) is 0 Å². The summed E-state index contributed by atoms with van der Waals surface area (Å²) in [6.07, 6.45) is 4.72. The van der Waals surface area contributed by atoms with E-state index in [1.54, 1.807) is 36.5 Å². The molecule has 4 rings (SSSR count). The van der Waals surface area contributed by atoms with Crippen LogP contribution in [0.1, 0.15) is 29.6 Å². The lowest BCUT2D eigenvalue weighted by atomic mass is 10.0. The van der Waals surface area contributed by atoms with Crippen LogP contribution in [0.15, 0.2) is 66.9 Å². The van der Waals surface area contributed by atoms with Crippen LogP contribution in [0.2, 0.25) is 0 Å². The second-order valence-corrected chi connectivity index (χ2v) is 7.17. The molecule has 1 fully saturated rings. The third-order valence-electron chi connectivity index (χ3n) is 5.07. The van der Waals surface area contributed by atoms with E-state index in [-0.39, 0.29) is 17.8 Å². The summed E-state index contributed by atoms with van der Waals surface area (Å²) in [6.45, 7) is 1.33. The molecular formula is C23H23FN4O2. The van der Waals surface area contributed by atoms with Crippen LogP contribution >= 0.6 is 0 Å². The number of halogens is 1. The number of aromatic nitrogens is 2. The average molecular weight is 406 g/mol. The van der Waals surface area contributed by atoms with Gasteiger partial charge < -0.3 is 15.0 Å². The zero-order valence-electron chi connectivity index (χ0n) is 16.5. The maximum absolute atomic E-state index is 13.1. The van der Waals surface area contributed by atoms with Crippen molar-refractivity contribution in [1.29, 1.82) is 0 Å². The van der Waals surface area contributed by atoms with Gasteiger partial charge in [0, 0.05) is 37.0 Å². The molecule has 154 valence electrons. The number of benzene rings is 2. The number of hydrogen-bond donors (Lipinski definition) is 1. The molecule has 2 aromatic carbocycles. The van der Waals surface area contributed by atoms with Gasteiger partial charge in [0.05, 0.1) is 0 Å². The molecule has 6 nitrogen and oxygen atoms in total. The van der Waals surface area contributed by atoms with Crippen LogP contribution < -0.4 is 15.0 Å². The van der Waals surface area contributed by atoms with E-state index in [0.29, 0.717) is 29.7 Å². The summed E-state index contributed by atoms with van der Waals surface area (Å²) >= 11 is 0. The number of piperidine rings is 1. The minimum absolute atomic E-state index is 0.0876. The molecule has 0 aliphatic carbocycles. The van der Waals surface area contributed by atoms with Crippen molar-refractivity contribution in [3.05, 3.63) is 78.2 Å². The highest BCUT2D eigenvalue weighted by Gasteiger charge is 2.25. The summed E-state index contributed by atoms with van der Waals surface area (Å²) in [4.78, 5) is 23.5. The first kappa shape index (κ1) is 19.8. The molecule has 0 bridgehead atoms. The lowest BCUT2D eigenvalue weighted by molar-refractivity contribution is 0.0949. The quantitative estimate of drug-likeness (QED) is 0.665. The average Bonchev–Trinajstić information content (AvgIpc) is 2.80. The number of nitrogens with zero attached hydrogens (tertiary/aromatic N) is 3. The topological polar surface area (TPSA) is 67.4 Å². The van der Waals surface area contributed by atoms with Gasteiger partial charge in [-0.2, -0.15) is 4.98 Å². The van der Waals surface area contributed by atoms with Crippen LogP contribution in [0, 0.1) is 5.82 Å². The Morgan fingerprint density at radius 3 is 2.70 bits per heavy atom. The normalized spacial score (nSPS) is 16.2. The maximum Gasteiger partial charge on any atom is 0.251 e. The fourth-order valence-electron chi connectivity index (χ4n) is 3.53. The molecule has 1 saturated heterocycles. The molecule has 1 aliphatic rings. The Labute approximate surface area is 174 Å². The lowest BCUT2D eigenvalue weighted by Gasteiger charge is -2.35. The second kappa shape index (κ2) is 9.35. The number of rotatable bonds is 6. The fourth-order valence-corrected chi connectivity index (χ4v) is 3.53. The number of nitrogens with one attached hydrogen (secondary N) is 1. The standard InChI is InChI=1S/C23H23FN4O2/c24-18-9-11-20(12-10-18)30-21-13-14-25-23(27-21)28-15-5-4-8-19(28)16-26-22(29)17-6-2-1-3-7-17/h1-3,6-7,9-14,19H,4-5,8,15-16H2,(H,26,29). The molecular weight excluding hydrogens is 383 g/mol. The maximum atomic E-state index is 13.1. The monoisotopic (exact) mass is 406 g/mol. The first-order valence-electron chi connectivity index (χ1n) is 10.1. The molecule has 1 N–H and O–H groups in total. The molecule has 1 unspecified atom stereocenters. The number of amides is 1. The van der Waals surface area contributed by atoms with E-state index in [2.05, 4.69) is 20.2 Å². The van der Waals surface area contributed by atoms with Gasteiger partial charge in [-0.15, -0.1) is 0 Å². The summed E-state index contributed by atoms with van der Waals surface area (Å²) in [5, 5.41) is 3.03. The zero-order chi connectivity index (χ0) is 20.8. The molecule has 30 heavy (non-hydrogen) atoms. The van der Waals surface area contributed by atoms with Crippen molar-refractivity contribution < 1.29 is 13.9 Å². The van der Waals surface area contributed by atoms with Crippen molar-refractivity contribution >= 4 is 11.9 Å². The molecule has 0 spiro atoms. The van der Waals surface area contributed by atoms with Crippen molar-refractivity contribution in [1.82, 2.24) is 15.3 Å². The van der Waals surface area contributed by atoms with Crippen molar-refractivity contribution in [3.8, 4) is 11.6 Å². The summed E-state index contributed by atoms with van der Waals surface area (Å²) in [5.41, 5.74) is 0.644. The highest BCUT2D eigenvalue weighted by molar-refractivity contribution is 5.94. The molecule has 2 heterocycles. The van der Waals surface area contributed by atoms with Crippen molar-refractivity contribution in [2.45, 2.75) is 25.3 Å². The second-order valence-electron chi connectivity index (χ2n) is 7.17. The zero-order valence-corrected chi connectivity index (χ0v) is 16.5. The third-order valence-corrected chi connectivity index (χ3v) is 5.07. The van der Waals surface area contributed by atoms with Crippen LogP contribution in [0.5, 0.6) is 11.6 Å². The van der Waals surface area contributed by atoms with Gasteiger partial charge in [0.1, 0.15) is 11.6 Å². The number of hydrogen-bond acceptors (Lipinski definition) is 5. The molecule has 0 saturated carbocycles. The first-order valence-corrected chi connectivity index (χ1v) is 10.1. The van der Waals surface area contributed by atoms with E-state index in [9.17, 15) is 9.18 Å². The third kappa shape index (κ3) is 4.92. The van der Waals surface area contributed by atoms with E-state index in [4.69, 9.17) is 4.74 Å². The minimum Gasteiger partial charge on any atom is -0.439 e. The molecule has 1 amide bonds. The van der Waals surface area contributed by atoms with Crippen LogP contribution in [-0.4, -0.2) is 35.0 Å². The molecule has 3 aromatic rings. The van der Waals surface area contributed by atoms with E-state index in [1.807, 2.05) is 18.2 Å². The summed E-state index contributed by atoms with van der Waals surface area (Å²) < 4.78 is 18.8. The van der Waals surface area contributed by atoms with Crippen LogP contribution in [0.25, 0.3) is 0 Å². The smallest absolute Gasteiger partial charge is 0.251 e. The van der Waals surface area contributed by atoms with Crippen molar-refractivity contribution in [2.24, 2.45) is 0 Å². The molecule has 1 atom stereocenters. The largest absolute Gasteiger partial charge is 0.439 e. The predicted octanol–water partition coefficient (Wildman–Crippen LogP) is 4.20. The molecule has 7 heteroatoms. The van der Waals surface area contributed by atoms with Gasteiger partial charge in [-0.25, -0.2) is 9.37 Å². The Balaban J connectivity index is 1.44. The number of carbonyl (C=O) groups excluding carboxylic acids is 1. The van der Waals surface area contributed by atoms with Gasteiger partial charge in [0.2, 0.25) is 11.8 Å². The Bertz CT molecular complexity index is 982. The molecule has 0 radical (unpaired) electrons. The lowest BCUT2D eigenvalue weighted by Crippen LogP contribution is -2.47. The van der Waals surface area contributed by atoms with E-state index >= 15 is 0 Å². The van der Waals surface area contributed by atoms with Crippen LogP contribution in [-0.2, 0) is 0 Å². The molecule has 1 aliphatic heterocycles.